The van der Waals surface area contributed by atoms with Crippen LogP contribution in [0.4, 0.5) is 0 Å². The van der Waals surface area contributed by atoms with Gasteiger partial charge in [0.2, 0.25) is 0 Å². The van der Waals surface area contributed by atoms with E-state index in [9.17, 15) is 0 Å². The van der Waals surface area contributed by atoms with Gasteiger partial charge in [0.15, 0.2) is 0 Å². The highest BCUT2D eigenvalue weighted by molar-refractivity contribution is 7.07. The molecular formula is C14H24N2S. The maximum absolute atomic E-state index is 5.73. The van der Waals surface area contributed by atoms with Gasteiger partial charge in [-0.15, -0.1) is 0 Å². The molecule has 0 aliphatic heterocycles. The van der Waals surface area contributed by atoms with E-state index in [4.69, 9.17) is 5.73 Å². The minimum atomic E-state index is 0.799. The van der Waals surface area contributed by atoms with Gasteiger partial charge < -0.3 is 10.6 Å². The smallest absolute Gasteiger partial charge is 0.0239 e. The lowest BCUT2D eigenvalue weighted by Crippen LogP contribution is -2.29. The van der Waals surface area contributed by atoms with E-state index in [0.29, 0.717) is 0 Å². The molecule has 0 atom stereocenters. The molecule has 2 rings (SSSR count). The van der Waals surface area contributed by atoms with Crippen LogP contribution in [0.15, 0.2) is 16.8 Å². The molecular weight excluding hydrogens is 228 g/mol. The Bertz CT molecular complexity index is 302. The molecule has 0 aromatic carbocycles. The van der Waals surface area contributed by atoms with Crippen LogP contribution in [0.2, 0.25) is 0 Å². The van der Waals surface area contributed by atoms with Crippen LogP contribution in [0.5, 0.6) is 0 Å². The molecule has 0 unspecified atom stereocenters. The number of hydrogen-bond donors (Lipinski definition) is 1. The van der Waals surface area contributed by atoms with Gasteiger partial charge in [-0.25, -0.2) is 0 Å². The molecule has 1 fully saturated rings. The van der Waals surface area contributed by atoms with Gasteiger partial charge in [0.25, 0.3) is 0 Å². The van der Waals surface area contributed by atoms with Crippen molar-refractivity contribution in [3.05, 3.63) is 22.4 Å². The molecule has 0 amide bonds. The molecule has 1 aliphatic carbocycles. The molecule has 1 aromatic heterocycles. The first-order valence-corrected chi connectivity index (χ1v) is 7.62. The predicted molar refractivity (Wildman–Crippen MR) is 75.2 cm³/mol. The molecule has 17 heavy (non-hydrogen) atoms. The summed E-state index contributed by atoms with van der Waals surface area (Å²) in [6.45, 7) is 3.23. The van der Waals surface area contributed by atoms with E-state index in [-0.39, 0.29) is 0 Å². The van der Waals surface area contributed by atoms with Crippen molar-refractivity contribution in [1.29, 1.82) is 0 Å². The molecule has 1 heterocycles. The summed E-state index contributed by atoms with van der Waals surface area (Å²) in [7, 11) is 2.24. The third-order valence-corrected chi connectivity index (χ3v) is 4.63. The van der Waals surface area contributed by atoms with Gasteiger partial charge in [0, 0.05) is 13.1 Å². The Kier molecular flexibility index (Phi) is 5.01. The number of nitrogens with two attached hydrogens (primary N) is 1. The summed E-state index contributed by atoms with van der Waals surface area (Å²) in [5.74, 6) is 1.69. The molecule has 2 nitrogen and oxygen atoms in total. The standard InChI is InChI=1S/C14H24N2S/c1-16(10-14-6-7-17-11-14)9-13-4-2-12(8-15)3-5-13/h6-7,11-13H,2-5,8-10,15H2,1H3. The summed E-state index contributed by atoms with van der Waals surface area (Å²) in [6.07, 6.45) is 5.42. The first-order chi connectivity index (χ1) is 8.28. The van der Waals surface area contributed by atoms with Crippen LogP contribution in [-0.4, -0.2) is 25.0 Å². The number of nitrogens with zero attached hydrogens (tertiary/aromatic N) is 1. The zero-order chi connectivity index (χ0) is 12.1. The molecule has 3 heteroatoms. The van der Waals surface area contributed by atoms with E-state index in [1.165, 1.54) is 37.8 Å². The van der Waals surface area contributed by atoms with E-state index in [1.54, 1.807) is 11.3 Å². The zero-order valence-corrected chi connectivity index (χ0v) is 11.6. The topological polar surface area (TPSA) is 29.3 Å². The second-order valence-electron chi connectivity index (χ2n) is 5.45. The van der Waals surface area contributed by atoms with Gasteiger partial charge in [-0.3, -0.25) is 0 Å². The van der Waals surface area contributed by atoms with Gasteiger partial charge in [-0.1, -0.05) is 0 Å². The van der Waals surface area contributed by atoms with Crippen LogP contribution in [0.3, 0.4) is 0 Å². The lowest BCUT2D eigenvalue weighted by atomic mass is 9.82. The van der Waals surface area contributed by atoms with E-state index >= 15 is 0 Å². The Hall–Kier alpha value is -0.380. The van der Waals surface area contributed by atoms with Crippen molar-refractivity contribution < 1.29 is 0 Å². The van der Waals surface area contributed by atoms with E-state index in [2.05, 4.69) is 28.8 Å². The highest BCUT2D eigenvalue weighted by atomic mass is 32.1. The van der Waals surface area contributed by atoms with E-state index in [1.807, 2.05) is 0 Å². The second-order valence-corrected chi connectivity index (χ2v) is 6.23. The first-order valence-electron chi connectivity index (χ1n) is 6.67. The number of thiophene rings is 1. The number of hydrogen-bond acceptors (Lipinski definition) is 3. The lowest BCUT2D eigenvalue weighted by Gasteiger charge is -2.30. The summed E-state index contributed by atoms with van der Waals surface area (Å²) in [5, 5.41) is 4.41. The largest absolute Gasteiger partial charge is 0.330 e. The summed E-state index contributed by atoms with van der Waals surface area (Å²) >= 11 is 1.79. The Morgan fingerprint density at radius 2 is 2.00 bits per heavy atom. The highest BCUT2D eigenvalue weighted by Crippen LogP contribution is 2.28. The average molecular weight is 252 g/mol. The fourth-order valence-corrected chi connectivity index (χ4v) is 3.51. The third kappa shape index (κ3) is 4.09. The van der Waals surface area contributed by atoms with Crippen LogP contribution in [0, 0.1) is 11.8 Å². The SMILES string of the molecule is CN(Cc1ccsc1)CC1CCC(CN)CC1. The minimum absolute atomic E-state index is 0.799. The maximum atomic E-state index is 5.73. The van der Waals surface area contributed by atoms with Crippen LogP contribution in [0.25, 0.3) is 0 Å². The summed E-state index contributed by atoms with van der Waals surface area (Å²) in [6, 6.07) is 2.23. The summed E-state index contributed by atoms with van der Waals surface area (Å²) in [4.78, 5) is 2.47. The van der Waals surface area contributed by atoms with Crippen LogP contribution < -0.4 is 5.73 Å². The van der Waals surface area contributed by atoms with Crippen molar-refractivity contribution in [2.75, 3.05) is 20.1 Å². The molecule has 0 bridgehead atoms. The van der Waals surface area contributed by atoms with Gasteiger partial charge in [0.05, 0.1) is 0 Å². The average Bonchev–Trinajstić information content (AvgIpc) is 2.82. The van der Waals surface area contributed by atoms with Crippen molar-refractivity contribution in [3.8, 4) is 0 Å². The molecule has 0 spiro atoms. The first kappa shape index (κ1) is 13.1. The molecule has 1 saturated carbocycles. The molecule has 2 N–H and O–H groups in total. The highest BCUT2D eigenvalue weighted by Gasteiger charge is 2.21. The fraction of sp³-hybridized carbons (Fsp3) is 0.714. The van der Waals surface area contributed by atoms with Crippen molar-refractivity contribution in [2.45, 2.75) is 32.2 Å². The Morgan fingerprint density at radius 3 is 2.59 bits per heavy atom. The van der Waals surface area contributed by atoms with Crippen LogP contribution in [-0.2, 0) is 6.54 Å². The van der Waals surface area contributed by atoms with Crippen molar-refractivity contribution in [2.24, 2.45) is 17.6 Å². The summed E-state index contributed by atoms with van der Waals surface area (Å²) < 4.78 is 0. The van der Waals surface area contributed by atoms with Crippen molar-refractivity contribution >= 4 is 11.3 Å². The molecule has 0 radical (unpaired) electrons. The second kappa shape index (κ2) is 6.53. The van der Waals surface area contributed by atoms with Gasteiger partial charge >= 0.3 is 0 Å². The van der Waals surface area contributed by atoms with Gasteiger partial charge in [-0.05, 0) is 73.5 Å². The van der Waals surface area contributed by atoms with Gasteiger partial charge in [-0.2, -0.15) is 11.3 Å². The molecule has 0 saturated heterocycles. The van der Waals surface area contributed by atoms with Crippen LogP contribution in [0.1, 0.15) is 31.2 Å². The van der Waals surface area contributed by atoms with Crippen molar-refractivity contribution in [3.63, 3.8) is 0 Å². The van der Waals surface area contributed by atoms with Gasteiger partial charge in [0.1, 0.15) is 0 Å². The van der Waals surface area contributed by atoms with Crippen LogP contribution >= 0.6 is 11.3 Å². The minimum Gasteiger partial charge on any atom is -0.330 e. The Morgan fingerprint density at radius 1 is 1.29 bits per heavy atom. The molecule has 1 aliphatic rings. The van der Waals surface area contributed by atoms with Crippen molar-refractivity contribution in [1.82, 2.24) is 4.90 Å². The normalized spacial score (nSPS) is 25.4. The predicted octanol–water partition coefficient (Wildman–Crippen LogP) is 2.95. The molecule has 96 valence electrons. The third-order valence-electron chi connectivity index (χ3n) is 3.90. The summed E-state index contributed by atoms with van der Waals surface area (Å²) in [5.41, 5.74) is 7.18. The Labute approximate surface area is 109 Å². The maximum Gasteiger partial charge on any atom is 0.0239 e. The van der Waals surface area contributed by atoms with E-state index in [0.717, 1.165) is 24.9 Å². The fourth-order valence-electron chi connectivity index (χ4n) is 2.85. The molecule has 1 aromatic rings. The monoisotopic (exact) mass is 252 g/mol. The van der Waals surface area contributed by atoms with E-state index < -0.39 is 0 Å². The Balaban J connectivity index is 1.70. The zero-order valence-electron chi connectivity index (χ0n) is 10.8. The quantitative estimate of drug-likeness (QED) is 0.873. The lowest BCUT2D eigenvalue weighted by molar-refractivity contribution is 0.202. The number of rotatable bonds is 5.